The number of imide groups is 2. The number of amides is 4. The van der Waals surface area contributed by atoms with Crippen LogP contribution in [0.1, 0.15) is 32.1 Å². The third-order valence-corrected chi connectivity index (χ3v) is 2.83. The maximum absolute atomic E-state index is 10.0. The first-order valence-corrected chi connectivity index (χ1v) is 6.70. The van der Waals surface area contributed by atoms with Crippen LogP contribution in [-0.2, 0) is 19.2 Å². The molecule has 1 saturated carbocycles. The molecule has 1 fully saturated rings. The summed E-state index contributed by atoms with van der Waals surface area (Å²) in [5.74, 6) is -1.31. The largest absolute Gasteiger partial charge is 0.289 e. The van der Waals surface area contributed by atoms with Crippen molar-refractivity contribution < 1.29 is 19.2 Å². The van der Waals surface area contributed by atoms with Gasteiger partial charge in [-0.25, -0.2) is 0 Å². The molecule has 112 valence electrons. The lowest BCUT2D eigenvalue weighted by molar-refractivity contribution is -0.125. The van der Waals surface area contributed by atoms with Crippen LogP contribution >= 0.6 is 0 Å². The first kappa shape index (κ1) is 16.6. The molecule has 2 N–H and O–H groups in total. The van der Waals surface area contributed by atoms with E-state index in [0.29, 0.717) is 0 Å². The highest BCUT2D eigenvalue weighted by Gasteiger charge is 2.07. The Hall–Kier alpha value is -2.50. The molecule has 6 nitrogen and oxygen atoms in total. The highest BCUT2D eigenvalue weighted by Crippen LogP contribution is 2.20. The zero-order valence-corrected chi connectivity index (χ0v) is 11.7. The van der Waals surface area contributed by atoms with Gasteiger partial charge >= 0.3 is 0 Å². The van der Waals surface area contributed by atoms with Gasteiger partial charge in [0.1, 0.15) is 0 Å². The van der Waals surface area contributed by atoms with E-state index < -0.39 is 0 Å². The molecular formula is C15H18N2O4. The third kappa shape index (κ3) is 7.61. The fourth-order valence-electron chi connectivity index (χ4n) is 1.76. The van der Waals surface area contributed by atoms with Gasteiger partial charge in [-0.15, -0.1) is 0 Å². The van der Waals surface area contributed by atoms with Gasteiger partial charge in [0.2, 0.25) is 0 Å². The minimum absolute atomic E-state index is 0.329. The lowest BCUT2D eigenvalue weighted by atomic mass is 9.97. The Kier molecular flexibility index (Phi) is 6.80. The van der Waals surface area contributed by atoms with Crippen molar-refractivity contribution in [1.82, 2.24) is 10.6 Å². The molecule has 0 spiro atoms. The van der Waals surface area contributed by atoms with Crippen LogP contribution in [0.3, 0.4) is 0 Å². The van der Waals surface area contributed by atoms with Gasteiger partial charge in [0.15, 0.2) is 0 Å². The molecule has 3 aliphatic rings. The van der Waals surface area contributed by atoms with Crippen LogP contribution in [0.25, 0.3) is 0 Å². The minimum Gasteiger partial charge on any atom is -0.289 e. The van der Waals surface area contributed by atoms with Crippen molar-refractivity contribution in [3.05, 3.63) is 36.5 Å². The molecular weight excluding hydrogens is 272 g/mol. The zero-order chi connectivity index (χ0) is 15.7. The summed E-state index contributed by atoms with van der Waals surface area (Å²) in [7, 11) is 0. The van der Waals surface area contributed by atoms with E-state index in [1.165, 1.54) is 62.0 Å². The topological polar surface area (TPSA) is 92.3 Å². The molecule has 3 rings (SSSR count). The number of rotatable bonds is 0. The van der Waals surface area contributed by atoms with Crippen LogP contribution in [0.2, 0.25) is 0 Å². The van der Waals surface area contributed by atoms with E-state index in [4.69, 9.17) is 0 Å². The Morgan fingerprint density at radius 1 is 0.667 bits per heavy atom. The number of carbonyl (C=O) groups is 4. The van der Waals surface area contributed by atoms with Crippen LogP contribution in [0.4, 0.5) is 0 Å². The summed E-state index contributed by atoms with van der Waals surface area (Å²) >= 11 is 0. The molecule has 2 heterocycles. The zero-order valence-electron chi connectivity index (χ0n) is 11.7. The predicted molar refractivity (Wildman–Crippen MR) is 76.8 cm³/mol. The second-order valence-corrected chi connectivity index (χ2v) is 4.68. The lowest BCUT2D eigenvalue weighted by Gasteiger charge is -2.10. The molecule has 0 aromatic carbocycles. The second-order valence-electron chi connectivity index (χ2n) is 4.68. The fraction of sp³-hybridized carbons (Fsp3) is 0.333. The SMILES string of the molecule is C=C1CCCCC1.O=C1C=CC(=O)N1.O=C1C=CC(=O)N1. The molecule has 0 bridgehead atoms. The summed E-state index contributed by atoms with van der Waals surface area (Å²) < 4.78 is 0. The van der Waals surface area contributed by atoms with Gasteiger partial charge in [-0.2, -0.15) is 0 Å². The predicted octanol–water partition coefficient (Wildman–Crippen LogP) is 0.905. The minimum atomic E-state index is -0.329. The van der Waals surface area contributed by atoms with Crippen molar-refractivity contribution in [2.24, 2.45) is 0 Å². The molecule has 2 aliphatic heterocycles. The summed E-state index contributed by atoms with van der Waals surface area (Å²) in [6, 6.07) is 0. The molecule has 0 radical (unpaired) electrons. The Balaban J connectivity index is 0.000000157. The second kappa shape index (κ2) is 8.63. The van der Waals surface area contributed by atoms with Crippen molar-refractivity contribution in [1.29, 1.82) is 0 Å². The first-order valence-electron chi connectivity index (χ1n) is 6.70. The van der Waals surface area contributed by atoms with Gasteiger partial charge < -0.3 is 0 Å². The van der Waals surface area contributed by atoms with E-state index in [2.05, 4.69) is 6.58 Å². The Bertz CT molecular complexity index is 442. The van der Waals surface area contributed by atoms with Crippen molar-refractivity contribution in [2.45, 2.75) is 32.1 Å². The Morgan fingerprint density at radius 3 is 1.14 bits per heavy atom. The van der Waals surface area contributed by atoms with Crippen LogP contribution in [0.15, 0.2) is 36.5 Å². The van der Waals surface area contributed by atoms with Crippen molar-refractivity contribution >= 4 is 23.6 Å². The van der Waals surface area contributed by atoms with E-state index in [-0.39, 0.29) is 23.6 Å². The monoisotopic (exact) mass is 290 g/mol. The summed E-state index contributed by atoms with van der Waals surface area (Å²) in [6.07, 6.45) is 11.6. The normalized spacial score (nSPS) is 19.3. The lowest BCUT2D eigenvalue weighted by Crippen LogP contribution is -2.19. The van der Waals surface area contributed by atoms with E-state index >= 15 is 0 Å². The number of hydrogen-bond donors (Lipinski definition) is 2. The van der Waals surface area contributed by atoms with E-state index in [9.17, 15) is 19.2 Å². The van der Waals surface area contributed by atoms with Crippen molar-refractivity contribution in [3.8, 4) is 0 Å². The van der Waals surface area contributed by atoms with Crippen molar-refractivity contribution in [3.63, 3.8) is 0 Å². The van der Waals surface area contributed by atoms with Gasteiger partial charge in [-0.1, -0.05) is 18.6 Å². The van der Waals surface area contributed by atoms with Crippen LogP contribution < -0.4 is 10.6 Å². The first-order chi connectivity index (χ1) is 9.97. The number of carbonyl (C=O) groups excluding carboxylic acids is 4. The maximum atomic E-state index is 10.0. The van der Waals surface area contributed by atoms with Crippen LogP contribution in [0, 0.1) is 0 Å². The molecule has 0 aromatic rings. The molecule has 21 heavy (non-hydrogen) atoms. The molecule has 0 saturated heterocycles. The molecule has 0 atom stereocenters. The molecule has 1 aliphatic carbocycles. The van der Waals surface area contributed by atoms with E-state index in [0.717, 1.165) is 0 Å². The van der Waals surface area contributed by atoms with E-state index in [1.54, 1.807) is 0 Å². The smallest absolute Gasteiger partial charge is 0.250 e. The highest BCUT2D eigenvalue weighted by atomic mass is 16.2. The molecule has 4 amide bonds. The summed E-state index contributed by atoms with van der Waals surface area (Å²) in [6.45, 7) is 3.91. The van der Waals surface area contributed by atoms with Gasteiger partial charge in [0, 0.05) is 24.3 Å². The van der Waals surface area contributed by atoms with Gasteiger partial charge in [-0.05, 0) is 25.7 Å². The third-order valence-electron chi connectivity index (χ3n) is 2.83. The van der Waals surface area contributed by atoms with Crippen LogP contribution in [0.5, 0.6) is 0 Å². The molecule has 0 aromatic heterocycles. The molecule has 0 unspecified atom stereocenters. The summed E-state index contributed by atoms with van der Waals surface area (Å²) in [5.41, 5.74) is 1.46. The number of allylic oxidation sites excluding steroid dienone is 1. The number of hydrogen-bond acceptors (Lipinski definition) is 4. The molecule has 6 heteroatoms. The maximum Gasteiger partial charge on any atom is 0.250 e. The van der Waals surface area contributed by atoms with Gasteiger partial charge in [0.05, 0.1) is 0 Å². The van der Waals surface area contributed by atoms with Gasteiger partial charge in [-0.3, -0.25) is 29.8 Å². The average Bonchev–Trinajstić information content (AvgIpc) is 3.00. The van der Waals surface area contributed by atoms with Crippen LogP contribution in [-0.4, -0.2) is 23.6 Å². The highest BCUT2D eigenvalue weighted by molar-refractivity contribution is 6.13. The Labute approximate surface area is 123 Å². The quantitative estimate of drug-likeness (QED) is 0.512. The Morgan fingerprint density at radius 2 is 1.00 bits per heavy atom. The fourth-order valence-corrected chi connectivity index (χ4v) is 1.76. The van der Waals surface area contributed by atoms with Gasteiger partial charge in [0.25, 0.3) is 23.6 Å². The average molecular weight is 290 g/mol. The van der Waals surface area contributed by atoms with Crippen molar-refractivity contribution in [2.75, 3.05) is 0 Å². The van der Waals surface area contributed by atoms with E-state index in [1.807, 2.05) is 10.6 Å². The number of nitrogens with one attached hydrogen (secondary N) is 2. The summed E-state index contributed by atoms with van der Waals surface area (Å²) in [4.78, 5) is 40.1. The standard InChI is InChI=1S/C7H12.2C4H3NO2/c1-7-5-3-2-4-6-7;2*6-3-1-2-4(7)5-3/h1-6H2;2*1-2H,(H,5,6,7). The summed E-state index contributed by atoms with van der Waals surface area (Å²) in [5, 5.41) is 4.06.